The number of aryl methyl sites for hydroxylation is 1. The van der Waals surface area contributed by atoms with E-state index >= 15 is 0 Å². The van der Waals surface area contributed by atoms with Crippen LogP contribution >= 0.6 is 23.7 Å². The monoisotopic (exact) mass is 331 g/mol. The van der Waals surface area contributed by atoms with Gasteiger partial charge < -0.3 is 10.6 Å². The van der Waals surface area contributed by atoms with Crippen LogP contribution in [0.1, 0.15) is 56.2 Å². The lowest BCUT2D eigenvalue weighted by molar-refractivity contribution is -0.134. The summed E-state index contributed by atoms with van der Waals surface area (Å²) in [4.78, 5) is 18.9. The van der Waals surface area contributed by atoms with Crippen molar-refractivity contribution in [1.29, 1.82) is 0 Å². The summed E-state index contributed by atoms with van der Waals surface area (Å²) in [5.41, 5.74) is 7.13. The number of halogens is 1. The van der Waals surface area contributed by atoms with Gasteiger partial charge in [-0.25, -0.2) is 4.98 Å². The molecule has 2 atom stereocenters. The van der Waals surface area contributed by atoms with Gasteiger partial charge in [0.15, 0.2) is 0 Å². The van der Waals surface area contributed by atoms with E-state index in [9.17, 15) is 4.79 Å². The van der Waals surface area contributed by atoms with Crippen molar-refractivity contribution in [3.8, 4) is 0 Å². The van der Waals surface area contributed by atoms with Gasteiger partial charge in [-0.3, -0.25) is 4.79 Å². The van der Waals surface area contributed by atoms with Crippen molar-refractivity contribution < 1.29 is 4.79 Å². The van der Waals surface area contributed by atoms with Crippen LogP contribution in [0, 0.1) is 0 Å². The van der Waals surface area contributed by atoms with Crippen LogP contribution in [0.5, 0.6) is 0 Å². The highest BCUT2D eigenvalue weighted by atomic mass is 35.5. The fraction of sp³-hybridized carbons (Fsp3) is 0.733. The van der Waals surface area contributed by atoms with Crippen LogP contribution in [0.2, 0.25) is 0 Å². The highest BCUT2D eigenvalue weighted by Gasteiger charge is 2.28. The Balaban J connectivity index is 0.00000220. The van der Waals surface area contributed by atoms with Crippen LogP contribution in [-0.2, 0) is 11.2 Å². The van der Waals surface area contributed by atoms with Gasteiger partial charge in [-0.2, -0.15) is 0 Å². The number of likely N-dealkylation sites (tertiary alicyclic amines) is 1. The maximum absolute atomic E-state index is 12.3. The van der Waals surface area contributed by atoms with Crippen molar-refractivity contribution >= 4 is 29.7 Å². The summed E-state index contributed by atoms with van der Waals surface area (Å²) in [5, 5.41) is 3.32. The molecule has 1 amide bonds. The van der Waals surface area contributed by atoms with Gasteiger partial charge >= 0.3 is 0 Å². The zero-order valence-electron chi connectivity index (χ0n) is 12.9. The quantitative estimate of drug-likeness (QED) is 0.902. The van der Waals surface area contributed by atoms with Crippen molar-refractivity contribution in [1.82, 2.24) is 9.88 Å². The van der Waals surface area contributed by atoms with Crippen molar-refractivity contribution in [2.75, 3.05) is 13.1 Å². The number of piperidine rings is 1. The van der Waals surface area contributed by atoms with E-state index in [-0.39, 0.29) is 24.4 Å². The van der Waals surface area contributed by atoms with Gasteiger partial charge in [0.2, 0.25) is 5.91 Å². The van der Waals surface area contributed by atoms with E-state index in [0.29, 0.717) is 5.92 Å². The summed E-state index contributed by atoms with van der Waals surface area (Å²) in [6.07, 6.45) is 4.89. The average Bonchev–Trinajstić information content (AvgIpc) is 2.96. The Bertz CT molecular complexity index is 452. The summed E-state index contributed by atoms with van der Waals surface area (Å²) in [5.74, 6) is 0.510. The van der Waals surface area contributed by atoms with Gasteiger partial charge in [0.25, 0.3) is 0 Å². The molecule has 0 saturated carbocycles. The number of rotatable bonds is 5. The first-order valence-corrected chi connectivity index (χ1v) is 8.52. The Morgan fingerprint density at radius 3 is 2.95 bits per heavy atom. The molecule has 1 aliphatic rings. The molecule has 1 aliphatic heterocycles. The predicted molar refractivity (Wildman–Crippen MR) is 90.2 cm³/mol. The van der Waals surface area contributed by atoms with E-state index in [4.69, 9.17) is 5.73 Å². The van der Waals surface area contributed by atoms with Gasteiger partial charge in [0, 0.05) is 24.4 Å². The zero-order chi connectivity index (χ0) is 14.5. The number of aromatic nitrogens is 1. The molecule has 1 aromatic heterocycles. The molecule has 0 bridgehead atoms. The van der Waals surface area contributed by atoms with Gasteiger partial charge in [-0.05, 0) is 25.7 Å². The number of nitrogens with two attached hydrogens (primary N) is 1. The molecule has 0 aromatic carbocycles. The van der Waals surface area contributed by atoms with Gasteiger partial charge in [0.1, 0.15) is 0 Å². The minimum Gasteiger partial charge on any atom is -0.341 e. The van der Waals surface area contributed by atoms with Crippen molar-refractivity contribution in [3.63, 3.8) is 0 Å². The summed E-state index contributed by atoms with van der Waals surface area (Å²) in [7, 11) is 0. The standard InChI is InChI=1S/C15H25N3OS.ClH/c1-3-6-13(16)15(19)18-8-5-7-11(9-18)14-17-12(4-2)10-20-14;/h10-11,13H,3-9,16H2,1-2H3;1H. The molecular weight excluding hydrogens is 306 g/mol. The number of hydrogen-bond donors (Lipinski definition) is 1. The summed E-state index contributed by atoms with van der Waals surface area (Å²) < 4.78 is 0. The summed E-state index contributed by atoms with van der Waals surface area (Å²) in [6, 6.07) is -0.332. The van der Waals surface area contributed by atoms with E-state index in [1.54, 1.807) is 11.3 Å². The van der Waals surface area contributed by atoms with Gasteiger partial charge in [0.05, 0.1) is 16.7 Å². The molecule has 120 valence electrons. The second-order valence-corrected chi connectivity index (χ2v) is 6.44. The first-order chi connectivity index (χ1) is 9.65. The highest BCUT2D eigenvalue weighted by molar-refractivity contribution is 7.09. The van der Waals surface area contributed by atoms with Gasteiger partial charge in [-0.1, -0.05) is 20.3 Å². The smallest absolute Gasteiger partial charge is 0.239 e. The van der Waals surface area contributed by atoms with E-state index in [1.165, 1.54) is 5.01 Å². The highest BCUT2D eigenvalue weighted by Crippen LogP contribution is 2.29. The number of amides is 1. The zero-order valence-corrected chi connectivity index (χ0v) is 14.5. The van der Waals surface area contributed by atoms with E-state index in [1.807, 2.05) is 4.90 Å². The minimum absolute atomic E-state index is 0. The molecule has 2 N–H and O–H groups in total. The Morgan fingerprint density at radius 2 is 2.33 bits per heavy atom. The molecule has 0 spiro atoms. The molecular formula is C15H26ClN3OS. The van der Waals surface area contributed by atoms with E-state index < -0.39 is 0 Å². The number of thiazole rings is 1. The second kappa shape index (κ2) is 8.71. The predicted octanol–water partition coefficient (Wildman–Crippen LogP) is 2.96. The van der Waals surface area contributed by atoms with Crippen LogP contribution in [0.4, 0.5) is 0 Å². The number of carbonyl (C=O) groups is 1. The molecule has 2 rings (SSSR count). The maximum atomic E-state index is 12.3. The molecule has 6 heteroatoms. The lowest BCUT2D eigenvalue weighted by Gasteiger charge is -2.33. The van der Waals surface area contributed by atoms with Gasteiger partial charge in [-0.15, -0.1) is 23.7 Å². The molecule has 2 unspecified atom stereocenters. The number of carbonyl (C=O) groups excluding carboxylic acids is 1. The molecule has 1 fully saturated rings. The maximum Gasteiger partial charge on any atom is 0.239 e. The molecule has 2 heterocycles. The minimum atomic E-state index is -0.332. The lowest BCUT2D eigenvalue weighted by atomic mass is 9.97. The fourth-order valence-corrected chi connectivity index (χ4v) is 3.75. The fourth-order valence-electron chi connectivity index (χ4n) is 2.72. The van der Waals surface area contributed by atoms with Crippen molar-refractivity contribution in [2.24, 2.45) is 5.73 Å². The SMILES string of the molecule is CCCC(N)C(=O)N1CCCC(c2nc(CC)cs2)C1.Cl. The Labute approximate surface area is 137 Å². The van der Waals surface area contributed by atoms with Crippen LogP contribution in [0.15, 0.2) is 5.38 Å². The third-order valence-electron chi connectivity index (χ3n) is 3.93. The third kappa shape index (κ3) is 4.66. The Hall–Kier alpha value is -0.650. The summed E-state index contributed by atoms with van der Waals surface area (Å²) in [6.45, 7) is 5.82. The topological polar surface area (TPSA) is 59.2 Å². The number of hydrogen-bond acceptors (Lipinski definition) is 4. The third-order valence-corrected chi connectivity index (χ3v) is 4.99. The van der Waals surface area contributed by atoms with Crippen LogP contribution in [-0.4, -0.2) is 34.9 Å². The molecule has 4 nitrogen and oxygen atoms in total. The molecule has 1 saturated heterocycles. The Kier molecular flexibility index (Phi) is 7.63. The largest absolute Gasteiger partial charge is 0.341 e. The van der Waals surface area contributed by atoms with E-state index in [0.717, 1.165) is 50.9 Å². The molecule has 0 aliphatic carbocycles. The molecule has 0 radical (unpaired) electrons. The average molecular weight is 332 g/mol. The first-order valence-electron chi connectivity index (χ1n) is 7.64. The lowest BCUT2D eigenvalue weighted by Crippen LogP contribution is -2.47. The first kappa shape index (κ1) is 18.4. The van der Waals surface area contributed by atoms with Crippen molar-refractivity contribution in [2.45, 2.75) is 57.9 Å². The second-order valence-electron chi connectivity index (χ2n) is 5.55. The summed E-state index contributed by atoms with van der Waals surface area (Å²) >= 11 is 1.73. The normalized spacial score (nSPS) is 20.0. The molecule has 1 aromatic rings. The van der Waals surface area contributed by atoms with Crippen molar-refractivity contribution in [3.05, 3.63) is 16.1 Å². The van der Waals surface area contributed by atoms with E-state index in [2.05, 4.69) is 24.2 Å². The molecule has 21 heavy (non-hydrogen) atoms. The van der Waals surface area contributed by atoms with Crippen LogP contribution in [0.3, 0.4) is 0 Å². The Morgan fingerprint density at radius 1 is 1.57 bits per heavy atom. The number of nitrogens with zero attached hydrogens (tertiary/aromatic N) is 2. The van der Waals surface area contributed by atoms with Crippen LogP contribution in [0.25, 0.3) is 0 Å². The van der Waals surface area contributed by atoms with Crippen LogP contribution < -0.4 is 5.73 Å².